The first-order chi connectivity index (χ1) is 8.25. The standard InChI is InChI=1S/C12H24N2O3/c1-3-7-16-8-4-13-11(2)12(15)14-5-9-17-10-6-14/h11,13H,3-10H2,1-2H3. The number of nitrogens with one attached hydrogen (secondary N) is 1. The Balaban J connectivity index is 2.12. The van der Waals surface area contributed by atoms with Crippen LogP contribution < -0.4 is 5.32 Å². The van der Waals surface area contributed by atoms with Crippen molar-refractivity contribution in [1.82, 2.24) is 10.2 Å². The van der Waals surface area contributed by atoms with E-state index in [2.05, 4.69) is 12.2 Å². The number of rotatable bonds is 7. The number of hydrogen-bond acceptors (Lipinski definition) is 4. The molecule has 5 heteroatoms. The van der Waals surface area contributed by atoms with Gasteiger partial charge in [0.15, 0.2) is 0 Å². The van der Waals surface area contributed by atoms with E-state index in [1.807, 2.05) is 11.8 Å². The highest BCUT2D eigenvalue weighted by atomic mass is 16.5. The molecule has 0 spiro atoms. The number of amides is 1. The van der Waals surface area contributed by atoms with Gasteiger partial charge >= 0.3 is 0 Å². The number of nitrogens with zero attached hydrogens (tertiary/aromatic N) is 1. The van der Waals surface area contributed by atoms with Gasteiger partial charge in [0.25, 0.3) is 0 Å². The summed E-state index contributed by atoms with van der Waals surface area (Å²) in [5.74, 6) is 0.156. The van der Waals surface area contributed by atoms with Gasteiger partial charge < -0.3 is 19.7 Å². The van der Waals surface area contributed by atoms with E-state index in [1.165, 1.54) is 0 Å². The van der Waals surface area contributed by atoms with Crippen LogP contribution in [0.4, 0.5) is 0 Å². The zero-order valence-corrected chi connectivity index (χ0v) is 10.9. The minimum Gasteiger partial charge on any atom is -0.380 e. The van der Waals surface area contributed by atoms with Gasteiger partial charge in [0, 0.05) is 26.2 Å². The number of morpholine rings is 1. The van der Waals surface area contributed by atoms with Crippen molar-refractivity contribution in [2.24, 2.45) is 0 Å². The summed E-state index contributed by atoms with van der Waals surface area (Å²) in [6.07, 6.45) is 1.03. The SMILES string of the molecule is CCCOCCNC(C)C(=O)N1CCOCC1. The van der Waals surface area contributed by atoms with Crippen LogP contribution in [-0.4, -0.2) is 62.9 Å². The van der Waals surface area contributed by atoms with Gasteiger partial charge in [-0.25, -0.2) is 0 Å². The summed E-state index contributed by atoms with van der Waals surface area (Å²) in [5.41, 5.74) is 0. The third kappa shape index (κ3) is 5.48. The quantitative estimate of drug-likeness (QED) is 0.652. The van der Waals surface area contributed by atoms with Gasteiger partial charge in [0.2, 0.25) is 5.91 Å². The summed E-state index contributed by atoms with van der Waals surface area (Å²) in [6, 6.07) is -0.140. The Morgan fingerprint density at radius 1 is 1.41 bits per heavy atom. The van der Waals surface area contributed by atoms with Crippen LogP contribution in [0.2, 0.25) is 0 Å². The molecule has 1 unspecified atom stereocenters. The maximum atomic E-state index is 12.0. The lowest BCUT2D eigenvalue weighted by atomic mass is 10.2. The van der Waals surface area contributed by atoms with E-state index in [0.717, 1.165) is 19.6 Å². The predicted octanol–water partition coefficient (Wildman–Crippen LogP) is 0.250. The molecule has 1 saturated heterocycles. The van der Waals surface area contributed by atoms with E-state index in [1.54, 1.807) is 0 Å². The van der Waals surface area contributed by atoms with E-state index < -0.39 is 0 Å². The van der Waals surface area contributed by atoms with Crippen LogP contribution in [0, 0.1) is 0 Å². The van der Waals surface area contributed by atoms with Crippen LogP contribution in [0.5, 0.6) is 0 Å². The molecule has 1 heterocycles. The molecule has 5 nitrogen and oxygen atoms in total. The first-order valence-electron chi connectivity index (χ1n) is 6.43. The van der Waals surface area contributed by atoms with Gasteiger partial charge in [-0.1, -0.05) is 6.92 Å². The minimum absolute atomic E-state index is 0.140. The molecule has 0 saturated carbocycles. The molecule has 1 atom stereocenters. The summed E-state index contributed by atoms with van der Waals surface area (Å²) in [7, 11) is 0. The van der Waals surface area contributed by atoms with Crippen molar-refractivity contribution < 1.29 is 14.3 Å². The van der Waals surface area contributed by atoms with Gasteiger partial charge in [0.05, 0.1) is 25.9 Å². The van der Waals surface area contributed by atoms with Gasteiger partial charge in [-0.3, -0.25) is 4.79 Å². The topological polar surface area (TPSA) is 50.8 Å². The number of hydrogen-bond donors (Lipinski definition) is 1. The molecule has 17 heavy (non-hydrogen) atoms. The zero-order chi connectivity index (χ0) is 12.5. The molecule has 0 radical (unpaired) electrons. The van der Waals surface area contributed by atoms with E-state index in [4.69, 9.17) is 9.47 Å². The molecule has 1 N–H and O–H groups in total. The molecular weight excluding hydrogens is 220 g/mol. The second kappa shape index (κ2) is 8.44. The number of carbonyl (C=O) groups is 1. The zero-order valence-electron chi connectivity index (χ0n) is 10.9. The Kier molecular flexibility index (Phi) is 7.16. The van der Waals surface area contributed by atoms with Crippen molar-refractivity contribution in [3.8, 4) is 0 Å². The van der Waals surface area contributed by atoms with Gasteiger partial charge in [-0.15, -0.1) is 0 Å². The smallest absolute Gasteiger partial charge is 0.239 e. The summed E-state index contributed by atoms with van der Waals surface area (Å²) in [4.78, 5) is 13.8. The molecule has 1 amide bonds. The van der Waals surface area contributed by atoms with Crippen molar-refractivity contribution in [1.29, 1.82) is 0 Å². The minimum atomic E-state index is -0.140. The van der Waals surface area contributed by atoms with Crippen LogP contribution >= 0.6 is 0 Å². The molecule has 0 aromatic heterocycles. The van der Waals surface area contributed by atoms with E-state index in [-0.39, 0.29) is 11.9 Å². The molecule has 1 aliphatic rings. The van der Waals surface area contributed by atoms with Crippen molar-refractivity contribution >= 4 is 5.91 Å². The van der Waals surface area contributed by atoms with Crippen molar-refractivity contribution in [3.05, 3.63) is 0 Å². The van der Waals surface area contributed by atoms with E-state index in [0.29, 0.717) is 32.9 Å². The maximum Gasteiger partial charge on any atom is 0.239 e. The lowest BCUT2D eigenvalue weighted by Crippen LogP contribution is -2.49. The molecule has 0 aromatic carbocycles. The van der Waals surface area contributed by atoms with Crippen molar-refractivity contribution in [2.75, 3.05) is 46.1 Å². The normalized spacial score (nSPS) is 18.1. The Labute approximate surface area is 103 Å². The third-order valence-electron chi connectivity index (χ3n) is 2.74. The lowest BCUT2D eigenvalue weighted by Gasteiger charge is -2.29. The van der Waals surface area contributed by atoms with Gasteiger partial charge in [-0.2, -0.15) is 0 Å². The predicted molar refractivity (Wildman–Crippen MR) is 66.0 cm³/mol. The van der Waals surface area contributed by atoms with Crippen LogP contribution in [0.25, 0.3) is 0 Å². The molecule has 1 rings (SSSR count). The highest BCUT2D eigenvalue weighted by Crippen LogP contribution is 2.00. The fourth-order valence-electron chi connectivity index (χ4n) is 1.74. The molecule has 0 bridgehead atoms. The monoisotopic (exact) mass is 244 g/mol. The first-order valence-corrected chi connectivity index (χ1v) is 6.43. The average molecular weight is 244 g/mol. The number of ether oxygens (including phenoxy) is 2. The van der Waals surface area contributed by atoms with Crippen molar-refractivity contribution in [2.45, 2.75) is 26.3 Å². The largest absolute Gasteiger partial charge is 0.380 e. The molecule has 0 aromatic rings. The second-order valence-electron chi connectivity index (χ2n) is 4.23. The summed E-state index contributed by atoms with van der Waals surface area (Å²) >= 11 is 0. The van der Waals surface area contributed by atoms with E-state index >= 15 is 0 Å². The molecule has 1 aliphatic heterocycles. The Morgan fingerprint density at radius 3 is 2.76 bits per heavy atom. The average Bonchev–Trinajstić information content (AvgIpc) is 2.38. The molecule has 1 fully saturated rings. The fourth-order valence-corrected chi connectivity index (χ4v) is 1.74. The number of carbonyl (C=O) groups excluding carboxylic acids is 1. The second-order valence-corrected chi connectivity index (χ2v) is 4.23. The third-order valence-corrected chi connectivity index (χ3v) is 2.74. The Hall–Kier alpha value is -0.650. The highest BCUT2D eigenvalue weighted by molar-refractivity contribution is 5.81. The summed E-state index contributed by atoms with van der Waals surface area (Å²) in [5, 5.41) is 3.18. The van der Waals surface area contributed by atoms with Crippen LogP contribution in [0.3, 0.4) is 0 Å². The molecule has 100 valence electrons. The molecule has 0 aliphatic carbocycles. The van der Waals surface area contributed by atoms with Crippen LogP contribution in [0.15, 0.2) is 0 Å². The summed E-state index contributed by atoms with van der Waals surface area (Å²) < 4.78 is 10.6. The van der Waals surface area contributed by atoms with Crippen LogP contribution in [-0.2, 0) is 14.3 Å². The first kappa shape index (κ1) is 14.4. The van der Waals surface area contributed by atoms with Gasteiger partial charge in [0.1, 0.15) is 0 Å². The maximum absolute atomic E-state index is 12.0. The van der Waals surface area contributed by atoms with E-state index in [9.17, 15) is 4.79 Å². The van der Waals surface area contributed by atoms with Crippen LogP contribution in [0.1, 0.15) is 20.3 Å². The Bertz CT molecular complexity index is 218. The van der Waals surface area contributed by atoms with Crippen molar-refractivity contribution in [3.63, 3.8) is 0 Å². The highest BCUT2D eigenvalue weighted by Gasteiger charge is 2.21. The lowest BCUT2D eigenvalue weighted by molar-refractivity contribution is -0.137. The van der Waals surface area contributed by atoms with Gasteiger partial charge in [-0.05, 0) is 13.3 Å². The molecular formula is C12H24N2O3. The summed E-state index contributed by atoms with van der Waals surface area (Å²) in [6.45, 7) is 8.86. The Morgan fingerprint density at radius 2 is 2.12 bits per heavy atom. The fraction of sp³-hybridized carbons (Fsp3) is 0.917.